The molecule has 0 saturated carbocycles. The first-order chi connectivity index (χ1) is 5.21. The van der Waals surface area contributed by atoms with Crippen LogP contribution < -0.4 is 0 Å². The van der Waals surface area contributed by atoms with Crippen LogP contribution in [0.25, 0.3) is 0 Å². The third kappa shape index (κ3) is 10.5. The molecule has 0 aliphatic carbocycles. The van der Waals surface area contributed by atoms with Gasteiger partial charge in [-0.05, 0) is 0 Å². The van der Waals surface area contributed by atoms with Crippen LogP contribution in [0.15, 0.2) is 0 Å². The molecule has 2 N–H and O–H groups in total. The second kappa shape index (κ2) is 4.67. The van der Waals surface area contributed by atoms with Crippen molar-refractivity contribution in [3.8, 4) is 0 Å². The molecule has 0 fully saturated rings. The van der Waals surface area contributed by atoms with Gasteiger partial charge in [0.2, 0.25) is 0 Å². The van der Waals surface area contributed by atoms with Crippen LogP contribution in [-0.4, -0.2) is 36.1 Å². The van der Waals surface area contributed by atoms with Crippen LogP contribution in [0, 0.1) is 0 Å². The molecule has 0 rings (SSSR count). The average molecular weight is 254 g/mol. The monoisotopic (exact) mass is 254 g/mol. The van der Waals surface area contributed by atoms with E-state index >= 15 is 0 Å². The van der Waals surface area contributed by atoms with E-state index in [1.54, 1.807) is 0 Å². The van der Waals surface area contributed by atoms with Crippen molar-refractivity contribution in [3.63, 3.8) is 0 Å². The molecular weight excluding hydrogens is 248 g/mol. The maximum Gasteiger partial charge on any atom is 0.275 e. The summed E-state index contributed by atoms with van der Waals surface area (Å²) in [4.78, 5) is 0. The summed E-state index contributed by atoms with van der Waals surface area (Å²) in [5.74, 6) is 0. The molecule has 0 atom stereocenters. The fourth-order valence-corrected chi connectivity index (χ4v) is 5.12. The van der Waals surface area contributed by atoms with Crippen LogP contribution in [-0.2, 0) is 20.2 Å². The molecule has 0 aromatic heterocycles. The SMILES string of the molecule is O=S(=O)(O)CSSCS(=O)(=O)O. The largest absolute Gasteiger partial charge is 0.285 e. The normalized spacial score (nSPS) is 13.2. The van der Waals surface area contributed by atoms with Crippen LogP contribution in [0.5, 0.6) is 0 Å². The maximum atomic E-state index is 10.1. The first-order valence-corrected chi connectivity index (χ1v) is 8.06. The summed E-state index contributed by atoms with van der Waals surface area (Å²) in [7, 11) is -6.90. The first kappa shape index (κ1) is 12.5. The van der Waals surface area contributed by atoms with E-state index in [9.17, 15) is 16.8 Å². The van der Waals surface area contributed by atoms with Gasteiger partial charge in [0.05, 0.1) is 0 Å². The Balaban J connectivity index is 3.62. The third-order valence-electron chi connectivity index (χ3n) is 0.477. The highest BCUT2D eigenvalue weighted by atomic mass is 33.1. The molecule has 0 aliphatic heterocycles. The van der Waals surface area contributed by atoms with E-state index in [1.165, 1.54) is 0 Å². The second-order valence-corrected chi connectivity index (χ2v) is 7.73. The van der Waals surface area contributed by atoms with E-state index in [0.29, 0.717) is 21.6 Å². The van der Waals surface area contributed by atoms with E-state index in [2.05, 4.69) is 0 Å². The lowest BCUT2D eigenvalue weighted by molar-refractivity contribution is 0.486. The molecular formula is C2H6O6S4. The Morgan fingerprint density at radius 1 is 0.833 bits per heavy atom. The number of rotatable bonds is 5. The van der Waals surface area contributed by atoms with Crippen molar-refractivity contribution in [3.05, 3.63) is 0 Å². The van der Waals surface area contributed by atoms with E-state index < -0.39 is 30.4 Å². The van der Waals surface area contributed by atoms with E-state index in [-0.39, 0.29) is 0 Å². The Morgan fingerprint density at radius 2 is 1.08 bits per heavy atom. The molecule has 0 radical (unpaired) electrons. The molecule has 0 aliphatic rings. The van der Waals surface area contributed by atoms with Crippen molar-refractivity contribution >= 4 is 41.8 Å². The van der Waals surface area contributed by atoms with Crippen molar-refractivity contribution < 1.29 is 25.9 Å². The van der Waals surface area contributed by atoms with Gasteiger partial charge in [-0.15, -0.1) is 0 Å². The van der Waals surface area contributed by atoms with Crippen molar-refractivity contribution in [2.45, 2.75) is 0 Å². The molecule has 0 spiro atoms. The summed E-state index contributed by atoms with van der Waals surface area (Å²) in [5.41, 5.74) is 0. The van der Waals surface area contributed by atoms with E-state index in [1.807, 2.05) is 0 Å². The van der Waals surface area contributed by atoms with Crippen molar-refractivity contribution in [2.75, 3.05) is 10.2 Å². The zero-order valence-corrected chi connectivity index (χ0v) is 8.84. The summed E-state index contributed by atoms with van der Waals surface area (Å²) >= 11 is 0. The molecule has 0 heterocycles. The lowest BCUT2D eigenvalue weighted by Gasteiger charge is -1.95. The molecule has 0 saturated heterocycles. The van der Waals surface area contributed by atoms with Crippen LogP contribution in [0.4, 0.5) is 0 Å². The average Bonchev–Trinajstić information content (AvgIpc) is 1.76. The molecule has 0 aromatic carbocycles. The zero-order valence-electron chi connectivity index (χ0n) is 5.57. The fourth-order valence-electron chi connectivity index (χ4n) is 0.190. The van der Waals surface area contributed by atoms with Gasteiger partial charge in [-0.25, -0.2) is 0 Å². The highest BCUT2D eigenvalue weighted by Crippen LogP contribution is 2.23. The molecule has 0 amide bonds. The topological polar surface area (TPSA) is 109 Å². The minimum Gasteiger partial charge on any atom is -0.285 e. The van der Waals surface area contributed by atoms with E-state index in [0.717, 1.165) is 0 Å². The van der Waals surface area contributed by atoms with E-state index in [4.69, 9.17) is 9.11 Å². The van der Waals surface area contributed by atoms with Crippen molar-refractivity contribution in [2.24, 2.45) is 0 Å². The van der Waals surface area contributed by atoms with Gasteiger partial charge in [0.25, 0.3) is 20.2 Å². The molecule has 74 valence electrons. The smallest absolute Gasteiger partial charge is 0.275 e. The van der Waals surface area contributed by atoms with Crippen molar-refractivity contribution in [1.82, 2.24) is 0 Å². The molecule has 12 heavy (non-hydrogen) atoms. The van der Waals surface area contributed by atoms with Gasteiger partial charge in [-0.2, -0.15) is 16.8 Å². The highest BCUT2D eigenvalue weighted by Gasteiger charge is 2.08. The third-order valence-corrected chi connectivity index (χ3v) is 6.03. The summed E-state index contributed by atoms with van der Waals surface area (Å²) in [6.07, 6.45) is 0. The van der Waals surface area contributed by atoms with Gasteiger partial charge in [-0.1, -0.05) is 21.6 Å². The minimum absolute atomic E-state index is 0.604. The van der Waals surface area contributed by atoms with Gasteiger partial charge in [0.1, 0.15) is 10.2 Å². The van der Waals surface area contributed by atoms with Gasteiger partial charge < -0.3 is 0 Å². The predicted molar refractivity (Wildman–Crippen MR) is 48.0 cm³/mol. The number of hydrogen-bond acceptors (Lipinski definition) is 6. The first-order valence-electron chi connectivity index (χ1n) is 2.35. The predicted octanol–water partition coefficient (Wildman–Crippen LogP) is 0.0584. The van der Waals surface area contributed by atoms with Gasteiger partial charge in [0.15, 0.2) is 0 Å². The number of hydrogen-bond donors (Lipinski definition) is 2. The standard InChI is InChI=1S/C2H6O6S4/c3-11(4,5)1-9-10-2-12(6,7)8/h1-2H2,(H,3,4,5)(H,6,7,8). The minimum atomic E-state index is -4.08. The maximum absolute atomic E-state index is 10.1. The fraction of sp³-hybridized carbons (Fsp3) is 1.00. The van der Waals surface area contributed by atoms with Gasteiger partial charge in [0, 0.05) is 0 Å². The Kier molecular flexibility index (Phi) is 4.87. The summed E-state index contributed by atoms with van der Waals surface area (Å²) in [6, 6.07) is 0. The Bertz CT molecular complexity index is 277. The van der Waals surface area contributed by atoms with Gasteiger partial charge >= 0.3 is 0 Å². The molecule has 0 aromatic rings. The Hall–Kier alpha value is 0.520. The van der Waals surface area contributed by atoms with Gasteiger partial charge in [-0.3, -0.25) is 9.11 Å². The lowest BCUT2D eigenvalue weighted by Crippen LogP contribution is -2.01. The van der Waals surface area contributed by atoms with Crippen LogP contribution >= 0.6 is 21.6 Å². The summed E-state index contributed by atoms with van der Waals surface area (Å²) < 4.78 is 56.6. The lowest BCUT2D eigenvalue weighted by atomic mass is 11.9. The Labute approximate surface area is 78.0 Å². The van der Waals surface area contributed by atoms with Crippen LogP contribution in [0.1, 0.15) is 0 Å². The highest BCUT2D eigenvalue weighted by molar-refractivity contribution is 8.79. The van der Waals surface area contributed by atoms with Crippen LogP contribution in [0.3, 0.4) is 0 Å². The summed E-state index contributed by atoms with van der Waals surface area (Å²) in [5, 5.41) is -1.21. The van der Waals surface area contributed by atoms with Crippen LogP contribution in [0.2, 0.25) is 0 Å². The molecule has 0 bridgehead atoms. The second-order valence-electron chi connectivity index (χ2n) is 1.64. The Morgan fingerprint density at radius 3 is 1.25 bits per heavy atom. The quantitative estimate of drug-likeness (QED) is 0.402. The molecule has 0 unspecified atom stereocenters. The zero-order chi connectivity index (χ0) is 9.83. The van der Waals surface area contributed by atoms with Crippen molar-refractivity contribution in [1.29, 1.82) is 0 Å². The molecule has 10 heteroatoms. The molecule has 6 nitrogen and oxygen atoms in total. The summed E-state index contributed by atoms with van der Waals surface area (Å²) in [6.45, 7) is 0.